The fourth-order valence-corrected chi connectivity index (χ4v) is 2.67. The number of nitrogens with one attached hydrogen (secondary N) is 2. The summed E-state index contributed by atoms with van der Waals surface area (Å²) in [6.07, 6.45) is 5.54. The molecular formula is C15H23N3O3. The Morgan fingerprint density at radius 1 is 1.29 bits per heavy atom. The van der Waals surface area contributed by atoms with Gasteiger partial charge in [-0.2, -0.15) is 0 Å². The Morgan fingerprint density at radius 2 is 1.90 bits per heavy atom. The molecule has 1 fully saturated rings. The highest BCUT2D eigenvalue weighted by Crippen LogP contribution is 2.26. The van der Waals surface area contributed by atoms with Crippen LogP contribution in [-0.2, 0) is 0 Å². The minimum atomic E-state index is -0.862. The molecule has 0 aromatic carbocycles. The van der Waals surface area contributed by atoms with E-state index in [-0.39, 0.29) is 12.2 Å². The number of hydrogen-bond acceptors (Lipinski definition) is 4. The van der Waals surface area contributed by atoms with Gasteiger partial charge in [0.05, 0.1) is 11.3 Å². The van der Waals surface area contributed by atoms with Crippen molar-refractivity contribution in [2.45, 2.75) is 58.0 Å². The number of aromatic amines is 1. The summed E-state index contributed by atoms with van der Waals surface area (Å²) in [7, 11) is 0. The maximum absolute atomic E-state index is 12.1. The highest BCUT2D eigenvalue weighted by Gasteiger charge is 2.29. The third-order valence-corrected chi connectivity index (χ3v) is 4.17. The molecule has 1 aliphatic carbocycles. The van der Waals surface area contributed by atoms with Crippen LogP contribution >= 0.6 is 0 Å². The lowest BCUT2D eigenvalue weighted by Crippen LogP contribution is -2.44. The standard InChI is InChI=1S/C15H23N3O3/c1-10-11(2)18-14(20)12(17-10)13(19)16-9-15(21)7-5-3-4-6-8-15/h21H,3-9H2,1-2H3,(H,16,19)(H,18,20). The van der Waals surface area contributed by atoms with E-state index in [0.29, 0.717) is 24.2 Å². The number of rotatable bonds is 3. The van der Waals surface area contributed by atoms with Gasteiger partial charge < -0.3 is 15.4 Å². The van der Waals surface area contributed by atoms with E-state index in [0.717, 1.165) is 25.7 Å². The second-order valence-corrected chi connectivity index (χ2v) is 5.95. The topological polar surface area (TPSA) is 95.1 Å². The van der Waals surface area contributed by atoms with Gasteiger partial charge in [0.15, 0.2) is 5.69 Å². The monoisotopic (exact) mass is 293 g/mol. The van der Waals surface area contributed by atoms with Crippen molar-refractivity contribution in [2.24, 2.45) is 0 Å². The summed E-state index contributed by atoms with van der Waals surface area (Å²) in [6, 6.07) is 0. The fourth-order valence-electron chi connectivity index (χ4n) is 2.67. The van der Waals surface area contributed by atoms with E-state index in [4.69, 9.17) is 0 Å². The fraction of sp³-hybridized carbons (Fsp3) is 0.667. The van der Waals surface area contributed by atoms with Gasteiger partial charge in [0.1, 0.15) is 0 Å². The Labute approximate surface area is 124 Å². The maximum Gasteiger partial charge on any atom is 0.279 e. The lowest BCUT2D eigenvalue weighted by Gasteiger charge is -2.26. The third kappa shape index (κ3) is 3.91. The van der Waals surface area contributed by atoms with Gasteiger partial charge in [-0.05, 0) is 26.7 Å². The number of H-pyrrole nitrogens is 1. The van der Waals surface area contributed by atoms with E-state index in [1.807, 2.05) is 0 Å². The first-order valence-electron chi connectivity index (χ1n) is 7.49. The second kappa shape index (κ2) is 6.39. The maximum atomic E-state index is 12.1. The molecule has 0 spiro atoms. The zero-order valence-electron chi connectivity index (χ0n) is 12.7. The van der Waals surface area contributed by atoms with Crippen molar-refractivity contribution < 1.29 is 9.90 Å². The van der Waals surface area contributed by atoms with Crippen molar-refractivity contribution in [3.63, 3.8) is 0 Å². The Bertz CT molecular complexity index is 572. The second-order valence-electron chi connectivity index (χ2n) is 5.95. The van der Waals surface area contributed by atoms with Crippen LogP contribution in [0, 0.1) is 13.8 Å². The molecule has 0 bridgehead atoms. The number of amides is 1. The van der Waals surface area contributed by atoms with Gasteiger partial charge in [-0.3, -0.25) is 9.59 Å². The predicted molar refractivity (Wildman–Crippen MR) is 79.3 cm³/mol. The van der Waals surface area contributed by atoms with Gasteiger partial charge in [-0.15, -0.1) is 0 Å². The number of carbonyl (C=O) groups is 1. The van der Waals surface area contributed by atoms with Crippen molar-refractivity contribution in [2.75, 3.05) is 6.54 Å². The van der Waals surface area contributed by atoms with E-state index >= 15 is 0 Å². The number of hydrogen-bond donors (Lipinski definition) is 3. The van der Waals surface area contributed by atoms with E-state index < -0.39 is 17.1 Å². The number of aromatic nitrogens is 2. The molecular weight excluding hydrogens is 270 g/mol. The van der Waals surface area contributed by atoms with Gasteiger partial charge in [-0.1, -0.05) is 25.7 Å². The summed E-state index contributed by atoms with van der Waals surface area (Å²) in [4.78, 5) is 30.5. The molecule has 0 saturated heterocycles. The van der Waals surface area contributed by atoms with Crippen LogP contribution in [0.2, 0.25) is 0 Å². The molecule has 6 heteroatoms. The van der Waals surface area contributed by atoms with Gasteiger partial charge in [0, 0.05) is 12.2 Å². The molecule has 0 atom stereocenters. The first-order chi connectivity index (χ1) is 9.91. The first-order valence-corrected chi connectivity index (χ1v) is 7.49. The summed E-state index contributed by atoms with van der Waals surface area (Å²) in [5, 5.41) is 13.1. The summed E-state index contributed by atoms with van der Waals surface area (Å²) in [5.41, 5.74) is -0.232. The molecule has 2 rings (SSSR count). The van der Waals surface area contributed by atoms with Gasteiger partial charge in [0.2, 0.25) is 0 Å². The van der Waals surface area contributed by atoms with Crippen LogP contribution < -0.4 is 10.9 Å². The van der Waals surface area contributed by atoms with E-state index in [1.54, 1.807) is 13.8 Å². The Morgan fingerprint density at radius 3 is 2.52 bits per heavy atom. The minimum Gasteiger partial charge on any atom is -0.388 e. The predicted octanol–water partition coefficient (Wildman–Crippen LogP) is 1.20. The van der Waals surface area contributed by atoms with Gasteiger partial charge >= 0.3 is 0 Å². The average Bonchev–Trinajstić information content (AvgIpc) is 2.66. The van der Waals surface area contributed by atoms with Crippen molar-refractivity contribution in [1.82, 2.24) is 15.3 Å². The van der Waals surface area contributed by atoms with E-state index in [9.17, 15) is 14.7 Å². The summed E-state index contributed by atoms with van der Waals surface area (Å²) in [5.74, 6) is -0.531. The summed E-state index contributed by atoms with van der Waals surface area (Å²) in [6.45, 7) is 3.64. The van der Waals surface area contributed by atoms with Gasteiger partial charge in [0.25, 0.3) is 11.5 Å². The third-order valence-electron chi connectivity index (χ3n) is 4.17. The minimum absolute atomic E-state index is 0.143. The molecule has 1 aromatic heterocycles. The highest BCUT2D eigenvalue weighted by atomic mass is 16.3. The lowest BCUT2D eigenvalue weighted by atomic mass is 9.94. The first kappa shape index (κ1) is 15.7. The molecule has 1 saturated carbocycles. The normalized spacial score (nSPS) is 18.0. The van der Waals surface area contributed by atoms with Crippen LogP contribution in [-0.4, -0.2) is 33.1 Å². The Balaban J connectivity index is 2.05. The molecule has 6 nitrogen and oxygen atoms in total. The van der Waals surface area contributed by atoms with E-state index in [1.165, 1.54) is 0 Å². The van der Waals surface area contributed by atoms with Crippen molar-refractivity contribution in [1.29, 1.82) is 0 Å². The molecule has 0 aliphatic heterocycles. The highest BCUT2D eigenvalue weighted by molar-refractivity contribution is 5.91. The largest absolute Gasteiger partial charge is 0.388 e. The van der Waals surface area contributed by atoms with Crippen LogP contribution in [0.15, 0.2) is 4.79 Å². The van der Waals surface area contributed by atoms with Crippen LogP contribution in [0.5, 0.6) is 0 Å². The zero-order valence-corrected chi connectivity index (χ0v) is 12.7. The zero-order chi connectivity index (χ0) is 15.5. The average molecular weight is 293 g/mol. The van der Waals surface area contributed by atoms with Crippen LogP contribution in [0.1, 0.15) is 60.4 Å². The number of nitrogens with zero attached hydrogens (tertiary/aromatic N) is 1. The molecule has 0 unspecified atom stereocenters. The van der Waals surface area contributed by atoms with E-state index in [2.05, 4.69) is 15.3 Å². The van der Waals surface area contributed by atoms with Crippen LogP contribution in [0.3, 0.4) is 0 Å². The van der Waals surface area contributed by atoms with Crippen molar-refractivity contribution in [3.8, 4) is 0 Å². The number of aliphatic hydroxyl groups is 1. The Hall–Kier alpha value is -1.69. The van der Waals surface area contributed by atoms with Crippen LogP contribution in [0.25, 0.3) is 0 Å². The summed E-state index contributed by atoms with van der Waals surface area (Å²) >= 11 is 0. The number of carbonyl (C=O) groups excluding carboxylic acids is 1. The molecule has 21 heavy (non-hydrogen) atoms. The molecule has 116 valence electrons. The quantitative estimate of drug-likeness (QED) is 0.730. The van der Waals surface area contributed by atoms with Crippen molar-refractivity contribution >= 4 is 5.91 Å². The molecule has 1 aliphatic rings. The van der Waals surface area contributed by atoms with Crippen molar-refractivity contribution in [3.05, 3.63) is 27.4 Å². The molecule has 3 N–H and O–H groups in total. The SMILES string of the molecule is Cc1nc(C(=O)NCC2(O)CCCCCC2)c(=O)[nH]c1C. The number of aryl methyl sites for hydroxylation is 2. The molecule has 1 amide bonds. The molecule has 0 radical (unpaired) electrons. The summed E-state index contributed by atoms with van der Waals surface area (Å²) < 4.78 is 0. The smallest absolute Gasteiger partial charge is 0.279 e. The Kier molecular flexibility index (Phi) is 4.77. The lowest BCUT2D eigenvalue weighted by molar-refractivity contribution is 0.0245. The van der Waals surface area contributed by atoms with Crippen LogP contribution in [0.4, 0.5) is 0 Å². The van der Waals surface area contributed by atoms with Gasteiger partial charge in [-0.25, -0.2) is 4.98 Å². The molecule has 1 aromatic rings. The molecule has 1 heterocycles.